The summed E-state index contributed by atoms with van der Waals surface area (Å²) in [6, 6.07) is 3.52. The Labute approximate surface area is 122 Å². The van der Waals surface area contributed by atoms with E-state index >= 15 is 0 Å². The molecular weight excluding hydrogens is 272 g/mol. The number of hydrogen-bond acceptors (Lipinski definition) is 2. The van der Waals surface area contributed by atoms with E-state index in [9.17, 15) is 8.78 Å². The molecule has 21 heavy (non-hydrogen) atoms. The molecule has 3 nitrogen and oxygen atoms in total. The van der Waals surface area contributed by atoms with E-state index < -0.39 is 11.6 Å². The summed E-state index contributed by atoms with van der Waals surface area (Å²) in [6.45, 7) is 0. The third-order valence-corrected chi connectivity index (χ3v) is 4.26. The Bertz CT molecular complexity index is 638. The van der Waals surface area contributed by atoms with Crippen molar-refractivity contribution in [3.8, 4) is 11.1 Å². The van der Waals surface area contributed by atoms with Crippen LogP contribution >= 0.6 is 0 Å². The van der Waals surface area contributed by atoms with Crippen LogP contribution in [0.2, 0.25) is 0 Å². The summed E-state index contributed by atoms with van der Waals surface area (Å²) < 4.78 is 28.6. The first-order valence-corrected chi connectivity index (χ1v) is 7.35. The maximum atomic E-state index is 13.5. The minimum Gasteiger partial charge on any atom is -0.383 e. The molecule has 0 unspecified atom stereocenters. The number of aryl methyl sites for hydroxylation is 1. The van der Waals surface area contributed by atoms with Crippen molar-refractivity contribution in [1.29, 1.82) is 0 Å². The van der Waals surface area contributed by atoms with Gasteiger partial charge in [0, 0.05) is 24.6 Å². The van der Waals surface area contributed by atoms with Crippen molar-refractivity contribution in [3.63, 3.8) is 0 Å². The van der Waals surface area contributed by atoms with Crippen LogP contribution in [0.4, 0.5) is 14.6 Å². The van der Waals surface area contributed by atoms with Crippen LogP contribution in [0.15, 0.2) is 18.2 Å². The van der Waals surface area contributed by atoms with Gasteiger partial charge in [0.2, 0.25) is 0 Å². The second-order valence-electron chi connectivity index (χ2n) is 5.76. The third-order valence-electron chi connectivity index (χ3n) is 4.26. The molecule has 1 aliphatic rings. The highest BCUT2D eigenvalue weighted by Gasteiger charge is 2.25. The summed E-state index contributed by atoms with van der Waals surface area (Å²) in [7, 11) is 1.76. The van der Waals surface area contributed by atoms with Crippen molar-refractivity contribution in [2.24, 2.45) is 7.05 Å². The second kappa shape index (κ2) is 5.47. The lowest BCUT2D eigenvalue weighted by Crippen LogP contribution is -2.07. The molecule has 1 saturated carbocycles. The van der Waals surface area contributed by atoms with E-state index in [1.54, 1.807) is 11.7 Å². The molecule has 0 bridgehead atoms. The summed E-state index contributed by atoms with van der Waals surface area (Å²) >= 11 is 0. The summed E-state index contributed by atoms with van der Waals surface area (Å²) in [5, 5.41) is 4.52. The van der Waals surface area contributed by atoms with Crippen LogP contribution in [0, 0.1) is 11.6 Å². The molecule has 0 radical (unpaired) electrons. The van der Waals surface area contributed by atoms with Gasteiger partial charge in [0.25, 0.3) is 0 Å². The highest BCUT2D eigenvalue weighted by molar-refractivity contribution is 5.77. The van der Waals surface area contributed by atoms with E-state index in [0.29, 0.717) is 22.9 Å². The van der Waals surface area contributed by atoms with Crippen LogP contribution < -0.4 is 5.73 Å². The van der Waals surface area contributed by atoms with Crippen molar-refractivity contribution >= 4 is 5.82 Å². The lowest BCUT2D eigenvalue weighted by atomic mass is 9.84. The van der Waals surface area contributed by atoms with Crippen LogP contribution in [-0.2, 0) is 7.05 Å². The van der Waals surface area contributed by atoms with E-state index in [-0.39, 0.29) is 0 Å². The number of nitrogens with zero attached hydrogens (tertiary/aromatic N) is 2. The predicted molar refractivity (Wildman–Crippen MR) is 78.8 cm³/mol. The van der Waals surface area contributed by atoms with Gasteiger partial charge in [-0.3, -0.25) is 4.68 Å². The van der Waals surface area contributed by atoms with Crippen LogP contribution in [0.25, 0.3) is 11.1 Å². The molecule has 2 N–H and O–H groups in total. The SMILES string of the molecule is Cn1nc(C2CCCCC2)c(-c2cc(F)cc(F)c2)c1N. The van der Waals surface area contributed by atoms with Crippen LogP contribution in [0.3, 0.4) is 0 Å². The maximum absolute atomic E-state index is 13.5. The lowest BCUT2D eigenvalue weighted by molar-refractivity contribution is 0.434. The van der Waals surface area contributed by atoms with E-state index in [1.807, 2.05) is 0 Å². The Morgan fingerprint density at radius 3 is 2.33 bits per heavy atom. The minimum absolute atomic E-state index is 0.323. The highest BCUT2D eigenvalue weighted by Crippen LogP contribution is 2.40. The molecule has 3 rings (SSSR count). The van der Waals surface area contributed by atoms with Crippen molar-refractivity contribution in [2.45, 2.75) is 38.0 Å². The van der Waals surface area contributed by atoms with E-state index in [2.05, 4.69) is 5.10 Å². The normalized spacial score (nSPS) is 16.3. The topological polar surface area (TPSA) is 43.8 Å². The van der Waals surface area contributed by atoms with Gasteiger partial charge < -0.3 is 5.73 Å². The predicted octanol–water partition coefficient (Wildman–Crippen LogP) is 4.00. The average molecular weight is 291 g/mol. The molecule has 1 fully saturated rings. The van der Waals surface area contributed by atoms with Crippen LogP contribution in [-0.4, -0.2) is 9.78 Å². The Morgan fingerprint density at radius 2 is 1.71 bits per heavy atom. The van der Waals surface area contributed by atoms with Crippen molar-refractivity contribution in [2.75, 3.05) is 5.73 Å². The molecule has 0 saturated heterocycles. The van der Waals surface area contributed by atoms with E-state index in [4.69, 9.17) is 5.73 Å². The van der Waals surface area contributed by atoms with Gasteiger partial charge >= 0.3 is 0 Å². The molecule has 1 aliphatic carbocycles. The molecule has 112 valence electrons. The zero-order valence-electron chi connectivity index (χ0n) is 12.1. The lowest BCUT2D eigenvalue weighted by Gasteiger charge is -2.21. The quantitative estimate of drug-likeness (QED) is 0.909. The van der Waals surface area contributed by atoms with Crippen LogP contribution in [0.1, 0.15) is 43.7 Å². The molecule has 2 aromatic rings. The molecule has 0 atom stereocenters. The van der Waals surface area contributed by atoms with Gasteiger partial charge in [-0.2, -0.15) is 5.10 Å². The molecular formula is C16H19F2N3. The first kappa shape index (κ1) is 14.0. The van der Waals surface area contributed by atoms with Gasteiger partial charge in [0.15, 0.2) is 0 Å². The van der Waals surface area contributed by atoms with Gasteiger partial charge in [-0.1, -0.05) is 19.3 Å². The zero-order valence-corrected chi connectivity index (χ0v) is 12.1. The summed E-state index contributed by atoms with van der Waals surface area (Å²) in [5.74, 6) is -0.408. The molecule has 1 aromatic heterocycles. The number of nitrogens with two attached hydrogens (primary N) is 1. The number of hydrogen-bond donors (Lipinski definition) is 1. The minimum atomic E-state index is -0.595. The summed E-state index contributed by atoms with van der Waals surface area (Å²) in [5.41, 5.74) is 8.13. The summed E-state index contributed by atoms with van der Waals surface area (Å²) in [6.07, 6.45) is 5.68. The van der Waals surface area contributed by atoms with Crippen molar-refractivity contribution in [1.82, 2.24) is 9.78 Å². The van der Waals surface area contributed by atoms with Gasteiger partial charge in [-0.05, 0) is 30.5 Å². The maximum Gasteiger partial charge on any atom is 0.129 e. The fourth-order valence-electron chi connectivity index (χ4n) is 3.21. The number of aromatic nitrogens is 2. The zero-order chi connectivity index (χ0) is 15.0. The van der Waals surface area contributed by atoms with E-state index in [1.165, 1.54) is 18.6 Å². The molecule has 0 amide bonds. The third kappa shape index (κ3) is 2.64. The Morgan fingerprint density at radius 1 is 1.10 bits per heavy atom. The van der Waals surface area contributed by atoms with E-state index in [0.717, 1.165) is 37.4 Å². The fourth-order valence-corrected chi connectivity index (χ4v) is 3.21. The monoisotopic (exact) mass is 291 g/mol. The van der Waals surface area contributed by atoms with Crippen molar-refractivity contribution < 1.29 is 8.78 Å². The first-order chi connectivity index (χ1) is 10.1. The number of benzene rings is 1. The standard InChI is InChI=1S/C16H19F2N3/c1-21-16(19)14(11-7-12(17)9-13(18)8-11)15(20-21)10-5-3-2-4-6-10/h7-10H,2-6,19H2,1H3. The highest BCUT2D eigenvalue weighted by atomic mass is 19.1. The van der Waals surface area contributed by atoms with Crippen LogP contribution in [0.5, 0.6) is 0 Å². The average Bonchev–Trinajstić information content (AvgIpc) is 2.75. The number of nitrogen functional groups attached to an aromatic ring is 1. The molecule has 5 heteroatoms. The number of halogens is 2. The second-order valence-corrected chi connectivity index (χ2v) is 5.76. The molecule has 0 aliphatic heterocycles. The number of rotatable bonds is 2. The fraction of sp³-hybridized carbons (Fsp3) is 0.438. The Balaban J connectivity index is 2.12. The smallest absolute Gasteiger partial charge is 0.129 e. The molecule has 0 spiro atoms. The Kier molecular flexibility index (Phi) is 3.66. The van der Waals surface area contributed by atoms with Gasteiger partial charge in [-0.15, -0.1) is 0 Å². The van der Waals surface area contributed by atoms with Gasteiger partial charge in [-0.25, -0.2) is 8.78 Å². The summed E-state index contributed by atoms with van der Waals surface area (Å²) in [4.78, 5) is 0. The number of anilines is 1. The Hall–Kier alpha value is -1.91. The first-order valence-electron chi connectivity index (χ1n) is 7.35. The van der Waals surface area contributed by atoms with Gasteiger partial charge in [0.05, 0.1) is 5.69 Å². The molecule has 1 heterocycles. The largest absolute Gasteiger partial charge is 0.383 e. The van der Waals surface area contributed by atoms with Crippen molar-refractivity contribution in [3.05, 3.63) is 35.5 Å². The molecule has 1 aromatic carbocycles. The van der Waals surface area contributed by atoms with Gasteiger partial charge in [0.1, 0.15) is 17.5 Å².